The molecule has 3 unspecified atom stereocenters. The van der Waals surface area contributed by atoms with Gasteiger partial charge in [-0.1, -0.05) is 42.3 Å². The fourth-order valence-corrected chi connectivity index (χ4v) is 3.46. The van der Waals surface area contributed by atoms with Crippen molar-refractivity contribution in [3.05, 3.63) is 40.0 Å². The maximum atomic E-state index is 12.2. The number of benzene rings is 1. The van der Waals surface area contributed by atoms with Crippen molar-refractivity contribution in [2.45, 2.75) is 33.2 Å². The minimum Gasteiger partial charge on any atom is -0.309 e. The van der Waals surface area contributed by atoms with Crippen LogP contribution in [-0.4, -0.2) is 24.7 Å². The van der Waals surface area contributed by atoms with Crippen LogP contribution in [0.3, 0.4) is 0 Å². The smallest absolute Gasteiger partial charge is 0.203 e. The third-order valence-corrected chi connectivity index (χ3v) is 5.14. The second-order valence-corrected chi connectivity index (χ2v) is 7.12. The summed E-state index contributed by atoms with van der Waals surface area (Å²) in [6.07, 6.45) is 1.40. The fourth-order valence-electron chi connectivity index (χ4n) is 3.06. The summed E-state index contributed by atoms with van der Waals surface area (Å²) in [5.41, 5.74) is 9.01. The minimum absolute atomic E-state index is 0.00493. The van der Waals surface area contributed by atoms with Crippen molar-refractivity contribution in [2.75, 3.05) is 12.0 Å². The van der Waals surface area contributed by atoms with Crippen LogP contribution in [0.25, 0.3) is 0 Å². The molecule has 1 aromatic carbocycles. The number of aldehydes is 1. The molecule has 0 aliphatic carbocycles. The predicted molar refractivity (Wildman–Crippen MR) is 99.4 cm³/mol. The Balaban J connectivity index is 2.18. The zero-order valence-electron chi connectivity index (χ0n) is 14.2. The minimum atomic E-state index is -0.394. The molecule has 0 radical (unpaired) electrons. The Morgan fingerprint density at radius 1 is 1.50 bits per heavy atom. The summed E-state index contributed by atoms with van der Waals surface area (Å²) in [5, 5.41) is 3.40. The molecule has 1 saturated heterocycles. The van der Waals surface area contributed by atoms with E-state index in [0.717, 1.165) is 27.9 Å². The van der Waals surface area contributed by atoms with E-state index in [9.17, 15) is 9.59 Å². The molecule has 0 bridgehead atoms. The molecule has 0 saturated carbocycles. The molecule has 1 aliphatic rings. The van der Waals surface area contributed by atoms with E-state index in [1.165, 1.54) is 0 Å². The van der Waals surface area contributed by atoms with Crippen molar-refractivity contribution in [3.63, 3.8) is 0 Å². The summed E-state index contributed by atoms with van der Waals surface area (Å²) in [5.74, 6) is -0.430. The van der Waals surface area contributed by atoms with Gasteiger partial charge in [-0.25, -0.2) is 0 Å². The SMILES string of the molecule is CCC(C)C1NCC(=C(C)NNc2cccc(Br)c2)C1C(=O)C=O. The van der Waals surface area contributed by atoms with Crippen molar-refractivity contribution in [1.29, 1.82) is 0 Å². The average Bonchev–Trinajstić information content (AvgIpc) is 3.03. The largest absolute Gasteiger partial charge is 0.309 e. The van der Waals surface area contributed by atoms with Gasteiger partial charge in [-0.3, -0.25) is 9.59 Å². The highest BCUT2D eigenvalue weighted by Crippen LogP contribution is 2.30. The Labute approximate surface area is 151 Å². The molecule has 1 aromatic rings. The Morgan fingerprint density at radius 3 is 2.88 bits per heavy atom. The first-order valence-electron chi connectivity index (χ1n) is 8.17. The van der Waals surface area contributed by atoms with Crippen LogP contribution in [0.1, 0.15) is 27.2 Å². The number of halogens is 1. The normalized spacial score (nSPS) is 23.5. The summed E-state index contributed by atoms with van der Waals surface area (Å²) in [6.45, 7) is 6.73. The second-order valence-electron chi connectivity index (χ2n) is 6.20. The number of carbonyl (C=O) groups excluding carboxylic acids is 2. The van der Waals surface area contributed by atoms with Gasteiger partial charge in [0.2, 0.25) is 5.78 Å². The summed E-state index contributed by atoms with van der Waals surface area (Å²) >= 11 is 3.43. The Hall–Kier alpha value is -1.66. The quantitative estimate of drug-likeness (QED) is 0.377. The number of carbonyl (C=O) groups is 2. The molecule has 1 fully saturated rings. The lowest BCUT2D eigenvalue weighted by Crippen LogP contribution is -2.37. The third-order valence-electron chi connectivity index (χ3n) is 4.64. The van der Waals surface area contributed by atoms with Gasteiger partial charge >= 0.3 is 0 Å². The van der Waals surface area contributed by atoms with E-state index >= 15 is 0 Å². The van der Waals surface area contributed by atoms with Crippen molar-refractivity contribution >= 4 is 33.7 Å². The van der Waals surface area contributed by atoms with E-state index in [0.29, 0.717) is 18.7 Å². The van der Waals surface area contributed by atoms with Crippen molar-refractivity contribution in [2.24, 2.45) is 11.8 Å². The monoisotopic (exact) mass is 393 g/mol. The van der Waals surface area contributed by atoms with Gasteiger partial charge in [-0.2, -0.15) is 0 Å². The summed E-state index contributed by atoms with van der Waals surface area (Å²) < 4.78 is 0.980. The van der Waals surface area contributed by atoms with Crippen LogP contribution in [-0.2, 0) is 9.59 Å². The summed E-state index contributed by atoms with van der Waals surface area (Å²) in [4.78, 5) is 23.3. The molecule has 130 valence electrons. The molecule has 0 amide bonds. The molecule has 1 aliphatic heterocycles. The molecular weight excluding hydrogens is 370 g/mol. The number of allylic oxidation sites excluding steroid dienone is 1. The lowest BCUT2D eigenvalue weighted by Gasteiger charge is -2.24. The lowest BCUT2D eigenvalue weighted by atomic mass is 9.83. The van der Waals surface area contributed by atoms with Gasteiger partial charge < -0.3 is 16.2 Å². The Kier molecular flexibility index (Phi) is 6.57. The molecule has 6 heteroatoms. The Morgan fingerprint density at radius 2 is 2.25 bits per heavy atom. The van der Waals surface area contributed by atoms with E-state index < -0.39 is 5.92 Å². The van der Waals surface area contributed by atoms with Crippen LogP contribution >= 0.6 is 15.9 Å². The topological polar surface area (TPSA) is 70.2 Å². The van der Waals surface area contributed by atoms with E-state index in [-0.39, 0.29) is 11.8 Å². The molecule has 3 N–H and O–H groups in total. The highest BCUT2D eigenvalue weighted by molar-refractivity contribution is 9.10. The fraction of sp³-hybridized carbons (Fsp3) is 0.444. The molecule has 2 rings (SSSR count). The number of Topliss-reactive ketones (excluding diaryl/α,β-unsaturated/α-hetero) is 1. The number of anilines is 1. The van der Waals surface area contributed by atoms with Gasteiger partial charge in [0.25, 0.3) is 0 Å². The van der Waals surface area contributed by atoms with Crippen molar-refractivity contribution in [1.82, 2.24) is 10.7 Å². The van der Waals surface area contributed by atoms with Crippen LogP contribution in [0.15, 0.2) is 40.0 Å². The van der Waals surface area contributed by atoms with Crippen LogP contribution in [0.4, 0.5) is 5.69 Å². The molecule has 3 atom stereocenters. The number of nitrogens with one attached hydrogen (secondary N) is 3. The van der Waals surface area contributed by atoms with Crippen LogP contribution < -0.4 is 16.2 Å². The summed E-state index contributed by atoms with van der Waals surface area (Å²) in [6, 6.07) is 7.79. The molecular formula is C18H24BrN3O2. The first kappa shape index (κ1) is 18.7. The Bertz CT molecular complexity index is 645. The standard InChI is InChI=1S/C18H24BrN3O2/c1-4-11(2)18-17(16(24)10-23)15(9-20-18)12(3)21-22-14-7-5-6-13(19)8-14/h5-8,10-11,17-18,20-22H,4,9H2,1-3H3. The van der Waals surface area contributed by atoms with Crippen LogP contribution in [0, 0.1) is 11.8 Å². The molecule has 0 spiro atoms. The van der Waals surface area contributed by atoms with E-state index in [2.05, 4.69) is 45.9 Å². The van der Waals surface area contributed by atoms with E-state index in [1.54, 1.807) is 0 Å². The van der Waals surface area contributed by atoms with Gasteiger partial charge in [0.1, 0.15) is 0 Å². The number of hydrazine groups is 1. The number of rotatable bonds is 7. The first-order valence-corrected chi connectivity index (χ1v) is 8.96. The maximum absolute atomic E-state index is 12.2. The molecule has 5 nitrogen and oxygen atoms in total. The maximum Gasteiger partial charge on any atom is 0.203 e. The third kappa shape index (κ3) is 4.24. The zero-order valence-corrected chi connectivity index (χ0v) is 15.8. The van der Waals surface area contributed by atoms with Gasteiger partial charge in [0.05, 0.1) is 11.6 Å². The number of ketones is 1. The van der Waals surface area contributed by atoms with Crippen molar-refractivity contribution < 1.29 is 9.59 Å². The second kappa shape index (κ2) is 8.44. The van der Waals surface area contributed by atoms with Gasteiger partial charge in [0, 0.05) is 22.8 Å². The number of hydrogen-bond donors (Lipinski definition) is 3. The molecule has 0 aromatic heterocycles. The molecule has 24 heavy (non-hydrogen) atoms. The van der Waals surface area contributed by atoms with Crippen LogP contribution in [0.2, 0.25) is 0 Å². The summed E-state index contributed by atoms with van der Waals surface area (Å²) in [7, 11) is 0. The number of hydrogen-bond acceptors (Lipinski definition) is 5. The van der Waals surface area contributed by atoms with Gasteiger partial charge in [-0.15, -0.1) is 0 Å². The highest BCUT2D eigenvalue weighted by atomic mass is 79.9. The molecule has 1 heterocycles. The first-order chi connectivity index (χ1) is 11.5. The lowest BCUT2D eigenvalue weighted by molar-refractivity contribution is -0.132. The van der Waals surface area contributed by atoms with Crippen LogP contribution in [0.5, 0.6) is 0 Å². The van der Waals surface area contributed by atoms with Crippen molar-refractivity contribution in [3.8, 4) is 0 Å². The van der Waals surface area contributed by atoms with E-state index in [1.807, 2.05) is 31.2 Å². The van der Waals surface area contributed by atoms with Gasteiger partial charge in [0.15, 0.2) is 6.29 Å². The highest BCUT2D eigenvalue weighted by Gasteiger charge is 2.39. The van der Waals surface area contributed by atoms with E-state index in [4.69, 9.17) is 0 Å². The predicted octanol–water partition coefficient (Wildman–Crippen LogP) is 3.04. The average molecular weight is 394 g/mol. The zero-order chi connectivity index (χ0) is 17.7. The van der Waals surface area contributed by atoms with Gasteiger partial charge in [-0.05, 0) is 36.6 Å².